The highest BCUT2D eigenvalue weighted by atomic mass is 32.2. The molecule has 0 spiro atoms. The number of piperidine rings is 1. The third-order valence-corrected chi connectivity index (χ3v) is 6.64. The van der Waals surface area contributed by atoms with E-state index >= 15 is 0 Å². The van der Waals surface area contributed by atoms with E-state index in [4.69, 9.17) is 0 Å². The maximum atomic E-state index is 13.5. The van der Waals surface area contributed by atoms with Crippen molar-refractivity contribution in [3.05, 3.63) is 71.5 Å². The second kappa shape index (κ2) is 9.52. The predicted octanol–water partition coefficient (Wildman–Crippen LogP) is 5.20. The Morgan fingerprint density at radius 1 is 1.06 bits per heavy atom. The SMILES string of the molecule is CSc1cnc(NC2CCCN(C(=O)c3ccccc3-c3cccc(C)c3C)C2)nc1. The Morgan fingerprint density at radius 2 is 1.81 bits per heavy atom. The summed E-state index contributed by atoms with van der Waals surface area (Å²) in [4.78, 5) is 25.3. The lowest BCUT2D eigenvalue weighted by atomic mass is 9.92. The molecule has 1 saturated heterocycles. The Bertz CT molecular complexity index is 1070. The second-order valence-corrected chi connectivity index (χ2v) is 8.85. The average molecular weight is 433 g/mol. The van der Waals surface area contributed by atoms with Gasteiger partial charge in [-0.3, -0.25) is 4.79 Å². The van der Waals surface area contributed by atoms with Crippen molar-refractivity contribution in [3.8, 4) is 11.1 Å². The molecular formula is C25H28N4OS. The lowest BCUT2D eigenvalue weighted by Crippen LogP contribution is -2.45. The Morgan fingerprint density at radius 3 is 2.58 bits per heavy atom. The van der Waals surface area contributed by atoms with E-state index in [1.807, 2.05) is 41.7 Å². The van der Waals surface area contributed by atoms with Gasteiger partial charge in [0.1, 0.15) is 0 Å². The second-order valence-electron chi connectivity index (χ2n) is 7.97. The van der Waals surface area contributed by atoms with Gasteiger partial charge >= 0.3 is 0 Å². The summed E-state index contributed by atoms with van der Waals surface area (Å²) in [6.45, 7) is 5.64. The van der Waals surface area contributed by atoms with Crippen LogP contribution in [0.15, 0.2) is 59.8 Å². The number of nitrogens with zero attached hydrogens (tertiary/aromatic N) is 3. The number of aryl methyl sites for hydroxylation is 1. The van der Waals surface area contributed by atoms with Crippen molar-refractivity contribution >= 4 is 23.6 Å². The first kappa shape index (κ1) is 21.4. The maximum absolute atomic E-state index is 13.5. The zero-order chi connectivity index (χ0) is 21.8. The van der Waals surface area contributed by atoms with Gasteiger partial charge in [-0.25, -0.2) is 9.97 Å². The Hall–Kier alpha value is -2.86. The van der Waals surface area contributed by atoms with Crippen LogP contribution in [0.5, 0.6) is 0 Å². The summed E-state index contributed by atoms with van der Waals surface area (Å²) in [6.07, 6.45) is 7.61. The number of amides is 1. The molecule has 2 aromatic carbocycles. The van der Waals surface area contributed by atoms with Crippen molar-refractivity contribution < 1.29 is 4.79 Å². The number of carbonyl (C=O) groups is 1. The van der Waals surface area contributed by atoms with Crippen LogP contribution in [-0.2, 0) is 0 Å². The first-order chi connectivity index (χ1) is 15.1. The fourth-order valence-electron chi connectivity index (χ4n) is 4.08. The minimum absolute atomic E-state index is 0.0849. The number of carbonyl (C=O) groups excluding carboxylic acids is 1. The van der Waals surface area contributed by atoms with Crippen molar-refractivity contribution in [1.82, 2.24) is 14.9 Å². The van der Waals surface area contributed by atoms with Crippen LogP contribution in [0.1, 0.15) is 34.3 Å². The topological polar surface area (TPSA) is 58.1 Å². The van der Waals surface area contributed by atoms with Gasteiger partial charge in [0, 0.05) is 42.0 Å². The fraction of sp³-hybridized carbons (Fsp3) is 0.320. The van der Waals surface area contributed by atoms with Crippen LogP contribution in [0.2, 0.25) is 0 Å². The van der Waals surface area contributed by atoms with Crippen LogP contribution >= 0.6 is 11.8 Å². The lowest BCUT2D eigenvalue weighted by molar-refractivity contribution is 0.0715. The first-order valence-electron chi connectivity index (χ1n) is 10.6. The van der Waals surface area contributed by atoms with Gasteiger partial charge in [0.25, 0.3) is 5.91 Å². The molecule has 1 atom stereocenters. The molecule has 160 valence electrons. The van der Waals surface area contributed by atoms with Crippen molar-refractivity contribution in [1.29, 1.82) is 0 Å². The molecule has 0 radical (unpaired) electrons. The minimum Gasteiger partial charge on any atom is -0.350 e. The van der Waals surface area contributed by atoms with Gasteiger partial charge in [0.05, 0.1) is 0 Å². The van der Waals surface area contributed by atoms with E-state index in [9.17, 15) is 4.79 Å². The van der Waals surface area contributed by atoms with Crippen molar-refractivity contribution in [2.45, 2.75) is 37.6 Å². The smallest absolute Gasteiger partial charge is 0.254 e. The van der Waals surface area contributed by atoms with Crippen molar-refractivity contribution in [2.75, 3.05) is 24.7 Å². The Kier molecular flexibility index (Phi) is 6.56. The fourth-order valence-corrected chi connectivity index (χ4v) is 4.39. The normalized spacial score (nSPS) is 16.2. The molecule has 31 heavy (non-hydrogen) atoms. The van der Waals surface area contributed by atoms with Gasteiger partial charge in [-0.2, -0.15) is 0 Å². The van der Waals surface area contributed by atoms with Crippen LogP contribution in [0.3, 0.4) is 0 Å². The number of nitrogens with one attached hydrogen (secondary N) is 1. The molecule has 1 unspecified atom stereocenters. The number of rotatable bonds is 5. The van der Waals surface area contributed by atoms with E-state index in [-0.39, 0.29) is 11.9 Å². The first-order valence-corrected chi connectivity index (χ1v) is 11.9. The van der Waals surface area contributed by atoms with Crippen LogP contribution in [0.4, 0.5) is 5.95 Å². The summed E-state index contributed by atoms with van der Waals surface area (Å²) >= 11 is 1.62. The standard InChI is InChI=1S/C25H28N4OS/c1-17-8-6-12-21(18(17)2)22-10-4-5-11-23(22)24(30)29-13-7-9-19(16-29)28-25-26-14-20(31-3)15-27-25/h4-6,8,10-12,14-15,19H,7,9,13,16H2,1-3H3,(H,26,27,28). The van der Waals surface area contributed by atoms with Gasteiger partial charge < -0.3 is 10.2 Å². The van der Waals surface area contributed by atoms with E-state index in [2.05, 4.69) is 53.4 Å². The summed E-state index contributed by atoms with van der Waals surface area (Å²) in [5.41, 5.74) is 5.33. The largest absolute Gasteiger partial charge is 0.350 e. The highest BCUT2D eigenvalue weighted by molar-refractivity contribution is 7.98. The van der Waals surface area contributed by atoms with E-state index in [0.717, 1.165) is 41.0 Å². The van der Waals surface area contributed by atoms with Gasteiger partial charge in [0.2, 0.25) is 5.95 Å². The molecule has 6 heteroatoms. The van der Waals surface area contributed by atoms with Gasteiger partial charge in [-0.05, 0) is 61.3 Å². The third-order valence-electron chi connectivity index (χ3n) is 5.96. The molecule has 1 amide bonds. The maximum Gasteiger partial charge on any atom is 0.254 e. The van der Waals surface area contributed by atoms with Gasteiger partial charge in [-0.15, -0.1) is 11.8 Å². The van der Waals surface area contributed by atoms with Crippen LogP contribution < -0.4 is 5.32 Å². The minimum atomic E-state index is 0.0849. The lowest BCUT2D eigenvalue weighted by Gasteiger charge is -2.33. The molecule has 4 rings (SSSR count). The number of likely N-dealkylation sites (tertiary alicyclic amines) is 1. The molecule has 5 nitrogen and oxygen atoms in total. The Labute approximate surface area is 188 Å². The number of benzene rings is 2. The number of anilines is 1. The zero-order valence-electron chi connectivity index (χ0n) is 18.3. The number of thioether (sulfide) groups is 1. The van der Waals surface area contributed by atoms with Crippen LogP contribution in [-0.4, -0.2) is 46.2 Å². The molecule has 1 aliphatic heterocycles. The zero-order valence-corrected chi connectivity index (χ0v) is 19.1. The van der Waals surface area contributed by atoms with E-state index in [1.165, 1.54) is 11.1 Å². The summed E-state index contributed by atoms with van der Waals surface area (Å²) in [5.74, 6) is 0.703. The Balaban J connectivity index is 1.53. The van der Waals surface area contributed by atoms with Gasteiger partial charge in [-0.1, -0.05) is 36.4 Å². The van der Waals surface area contributed by atoms with Crippen LogP contribution in [0, 0.1) is 13.8 Å². The monoisotopic (exact) mass is 432 g/mol. The summed E-state index contributed by atoms with van der Waals surface area (Å²) in [7, 11) is 0. The molecule has 0 aliphatic carbocycles. The van der Waals surface area contributed by atoms with Crippen molar-refractivity contribution in [2.24, 2.45) is 0 Å². The number of hydrogen-bond donors (Lipinski definition) is 1. The van der Waals surface area contributed by atoms with E-state index < -0.39 is 0 Å². The third kappa shape index (κ3) is 4.74. The molecule has 1 fully saturated rings. The summed E-state index contributed by atoms with van der Waals surface area (Å²) in [5, 5.41) is 3.41. The molecule has 1 aromatic heterocycles. The number of hydrogen-bond acceptors (Lipinski definition) is 5. The summed E-state index contributed by atoms with van der Waals surface area (Å²) < 4.78 is 0. The molecule has 1 aliphatic rings. The van der Waals surface area contributed by atoms with E-state index in [0.29, 0.717) is 12.5 Å². The summed E-state index contributed by atoms with van der Waals surface area (Å²) in [6, 6.07) is 14.4. The molecule has 1 N–H and O–H groups in total. The van der Waals surface area contributed by atoms with Crippen molar-refractivity contribution in [3.63, 3.8) is 0 Å². The van der Waals surface area contributed by atoms with E-state index in [1.54, 1.807) is 11.8 Å². The number of aromatic nitrogens is 2. The quantitative estimate of drug-likeness (QED) is 0.562. The molecular weight excluding hydrogens is 404 g/mol. The average Bonchev–Trinajstić information content (AvgIpc) is 2.81. The van der Waals surface area contributed by atoms with Crippen LogP contribution in [0.25, 0.3) is 11.1 Å². The molecule has 0 bridgehead atoms. The molecule has 3 aromatic rings. The molecule has 0 saturated carbocycles. The highest BCUT2D eigenvalue weighted by Gasteiger charge is 2.26. The molecule has 2 heterocycles. The highest BCUT2D eigenvalue weighted by Crippen LogP contribution is 2.30. The predicted molar refractivity (Wildman–Crippen MR) is 128 cm³/mol. The van der Waals surface area contributed by atoms with Gasteiger partial charge in [0.15, 0.2) is 0 Å².